The van der Waals surface area contributed by atoms with E-state index in [9.17, 15) is 8.42 Å². The molecule has 1 fully saturated rings. The van der Waals surface area contributed by atoms with Gasteiger partial charge in [0.25, 0.3) is 0 Å². The molecule has 0 aliphatic carbocycles. The third-order valence-electron chi connectivity index (χ3n) is 3.27. The number of hydrogen-bond acceptors (Lipinski definition) is 3. The molecule has 1 aliphatic heterocycles. The van der Waals surface area contributed by atoms with Crippen LogP contribution in [-0.4, -0.2) is 44.2 Å². The maximum atomic E-state index is 12.2. The van der Waals surface area contributed by atoms with Crippen molar-refractivity contribution >= 4 is 10.0 Å². The van der Waals surface area contributed by atoms with E-state index in [2.05, 4.69) is 19.2 Å². The first-order valence-electron chi connectivity index (χ1n) is 6.03. The first-order chi connectivity index (χ1) is 7.35. The van der Waals surface area contributed by atoms with E-state index in [1.165, 1.54) is 0 Å². The molecule has 5 heteroatoms. The lowest BCUT2D eigenvalue weighted by Gasteiger charge is -2.28. The minimum atomic E-state index is -3.11. The molecule has 0 spiro atoms. The van der Waals surface area contributed by atoms with Gasteiger partial charge >= 0.3 is 0 Å². The molecule has 1 rings (SSSR count). The number of nitrogens with zero attached hydrogens (tertiary/aromatic N) is 1. The Morgan fingerprint density at radius 2 is 2.00 bits per heavy atom. The van der Waals surface area contributed by atoms with Crippen LogP contribution in [0.15, 0.2) is 0 Å². The molecular weight excluding hydrogens is 224 g/mol. The Bertz CT molecular complexity index is 308. The highest BCUT2D eigenvalue weighted by molar-refractivity contribution is 7.89. The van der Waals surface area contributed by atoms with Crippen LogP contribution in [0.2, 0.25) is 0 Å². The van der Waals surface area contributed by atoms with Gasteiger partial charge in [0.1, 0.15) is 0 Å². The summed E-state index contributed by atoms with van der Waals surface area (Å²) >= 11 is 0. The van der Waals surface area contributed by atoms with Crippen molar-refractivity contribution in [1.82, 2.24) is 9.62 Å². The Hall–Kier alpha value is -0.130. The summed E-state index contributed by atoms with van der Waals surface area (Å²) in [5.74, 6) is 0.523. The number of hydrogen-bond donors (Lipinski definition) is 1. The maximum Gasteiger partial charge on any atom is 0.218 e. The number of nitrogens with one attached hydrogen (secondary N) is 1. The Morgan fingerprint density at radius 1 is 1.38 bits per heavy atom. The lowest BCUT2D eigenvalue weighted by atomic mass is 10.1. The van der Waals surface area contributed by atoms with Crippen LogP contribution in [0.3, 0.4) is 0 Å². The van der Waals surface area contributed by atoms with Crippen LogP contribution in [0.1, 0.15) is 33.6 Å². The summed E-state index contributed by atoms with van der Waals surface area (Å²) in [5.41, 5.74) is 0. The van der Waals surface area contributed by atoms with Gasteiger partial charge < -0.3 is 5.32 Å². The van der Waals surface area contributed by atoms with Crippen molar-refractivity contribution < 1.29 is 8.42 Å². The van der Waals surface area contributed by atoms with Crippen LogP contribution in [0, 0.1) is 5.92 Å². The lowest BCUT2D eigenvalue weighted by molar-refractivity contribution is 0.334. The van der Waals surface area contributed by atoms with Gasteiger partial charge in [-0.05, 0) is 32.2 Å². The van der Waals surface area contributed by atoms with E-state index in [4.69, 9.17) is 0 Å². The van der Waals surface area contributed by atoms with Gasteiger partial charge in [-0.25, -0.2) is 12.7 Å². The van der Waals surface area contributed by atoms with Gasteiger partial charge in [-0.1, -0.05) is 13.8 Å². The summed E-state index contributed by atoms with van der Waals surface area (Å²) in [4.78, 5) is 0. The van der Waals surface area contributed by atoms with E-state index < -0.39 is 10.0 Å². The topological polar surface area (TPSA) is 49.4 Å². The van der Waals surface area contributed by atoms with Gasteiger partial charge in [-0.2, -0.15) is 0 Å². The summed E-state index contributed by atoms with van der Waals surface area (Å²) in [6.07, 6.45) is 1.65. The lowest BCUT2D eigenvalue weighted by Crippen LogP contribution is -2.42. The Kier molecular flexibility index (Phi) is 4.76. The summed E-state index contributed by atoms with van der Waals surface area (Å²) in [6, 6.07) is 0.0885. The molecule has 0 bridgehead atoms. The van der Waals surface area contributed by atoms with E-state index in [1.807, 2.05) is 6.92 Å². The molecule has 0 aromatic rings. The van der Waals surface area contributed by atoms with E-state index in [-0.39, 0.29) is 11.3 Å². The largest absolute Gasteiger partial charge is 0.315 e. The fraction of sp³-hybridized carbons (Fsp3) is 1.00. The van der Waals surface area contributed by atoms with Crippen molar-refractivity contribution in [3.63, 3.8) is 0 Å². The molecule has 1 saturated heterocycles. The van der Waals surface area contributed by atoms with E-state index in [1.54, 1.807) is 11.4 Å². The highest BCUT2D eigenvalue weighted by Gasteiger charge is 2.34. The molecule has 0 aromatic heterocycles. The molecule has 0 aromatic carbocycles. The van der Waals surface area contributed by atoms with Crippen molar-refractivity contribution in [1.29, 1.82) is 0 Å². The molecule has 2 unspecified atom stereocenters. The molecule has 2 atom stereocenters. The fourth-order valence-electron chi connectivity index (χ4n) is 2.20. The molecule has 96 valence electrons. The smallest absolute Gasteiger partial charge is 0.218 e. The van der Waals surface area contributed by atoms with Crippen LogP contribution in [0.4, 0.5) is 0 Å². The average Bonchev–Trinajstić information content (AvgIpc) is 2.68. The minimum absolute atomic E-state index is 0.0885. The molecule has 1 heterocycles. The van der Waals surface area contributed by atoms with E-state index in [0.717, 1.165) is 19.4 Å². The van der Waals surface area contributed by atoms with Crippen molar-refractivity contribution in [2.45, 2.75) is 44.9 Å². The Labute approximate surface area is 99.5 Å². The van der Waals surface area contributed by atoms with Gasteiger partial charge in [0, 0.05) is 19.6 Å². The molecule has 0 amide bonds. The second kappa shape index (κ2) is 5.47. The third kappa shape index (κ3) is 3.18. The predicted octanol–water partition coefficient (Wildman–Crippen LogP) is 1.04. The Balaban J connectivity index is 2.67. The van der Waals surface area contributed by atoms with Crippen molar-refractivity contribution in [3.05, 3.63) is 0 Å². The molecule has 0 radical (unpaired) electrons. The summed E-state index contributed by atoms with van der Waals surface area (Å²) in [5, 5.41) is 2.88. The summed E-state index contributed by atoms with van der Waals surface area (Å²) < 4.78 is 26.0. The first kappa shape index (κ1) is 13.9. The normalized spacial score (nSPS) is 24.2. The second-order valence-electron chi connectivity index (χ2n) is 5.15. The molecule has 1 aliphatic rings. The van der Waals surface area contributed by atoms with E-state index in [0.29, 0.717) is 12.5 Å². The van der Waals surface area contributed by atoms with Crippen LogP contribution in [-0.2, 0) is 10.0 Å². The van der Waals surface area contributed by atoms with Crippen LogP contribution in [0.5, 0.6) is 0 Å². The predicted molar refractivity (Wildman–Crippen MR) is 66.9 cm³/mol. The third-order valence-corrected chi connectivity index (χ3v) is 5.68. The van der Waals surface area contributed by atoms with Gasteiger partial charge in [0.15, 0.2) is 0 Å². The molecular formula is C11H24N2O2S. The number of rotatable bonds is 5. The summed E-state index contributed by atoms with van der Waals surface area (Å²) in [6.45, 7) is 7.64. The Morgan fingerprint density at radius 3 is 2.44 bits per heavy atom. The van der Waals surface area contributed by atoms with Gasteiger partial charge in [0.2, 0.25) is 10.0 Å². The average molecular weight is 248 g/mol. The molecule has 0 saturated carbocycles. The molecule has 1 N–H and O–H groups in total. The molecule has 4 nitrogen and oxygen atoms in total. The van der Waals surface area contributed by atoms with Gasteiger partial charge in [-0.3, -0.25) is 0 Å². The SMILES string of the molecule is CC(C)CC(C)N(C)S(=O)(=O)C1CCNC1. The van der Waals surface area contributed by atoms with Crippen molar-refractivity contribution in [2.24, 2.45) is 5.92 Å². The molecule has 16 heavy (non-hydrogen) atoms. The minimum Gasteiger partial charge on any atom is -0.315 e. The van der Waals surface area contributed by atoms with Crippen molar-refractivity contribution in [3.8, 4) is 0 Å². The highest BCUT2D eigenvalue weighted by Crippen LogP contribution is 2.19. The van der Waals surface area contributed by atoms with Gasteiger partial charge in [0.05, 0.1) is 5.25 Å². The van der Waals surface area contributed by atoms with Crippen LogP contribution < -0.4 is 5.32 Å². The zero-order chi connectivity index (χ0) is 12.3. The van der Waals surface area contributed by atoms with Crippen molar-refractivity contribution in [2.75, 3.05) is 20.1 Å². The van der Waals surface area contributed by atoms with Crippen LogP contribution in [0.25, 0.3) is 0 Å². The fourth-order valence-corrected chi connectivity index (χ4v) is 4.00. The summed E-state index contributed by atoms with van der Waals surface area (Å²) in [7, 11) is -1.40. The maximum absolute atomic E-state index is 12.2. The zero-order valence-corrected chi connectivity index (χ0v) is 11.5. The van der Waals surface area contributed by atoms with Crippen LogP contribution >= 0.6 is 0 Å². The quantitative estimate of drug-likeness (QED) is 0.791. The number of sulfonamides is 1. The monoisotopic (exact) mass is 248 g/mol. The zero-order valence-electron chi connectivity index (χ0n) is 10.7. The highest BCUT2D eigenvalue weighted by atomic mass is 32.2. The second-order valence-corrected chi connectivity index (χ2v) is 7.43. The first-order valence-corrected chi connectivity index (χ1v) is 7.53. The van der Waals surface area contributed by atoms with Gasteiger partial charge in [-0.15, -0.1) is 0 Å². The van der Waals surface area contributed by atoms with E-state index >= 15 is 0 Å². The standard InChI is InChI=1S/C11H24N2O2S/c1-9(2)7-10(3)13(4)16(14,15)11-5-6-12-8-11/h9-12H,5-8H2,1-4H3.